The molecular weight excluding hydrogens is 379 g/mol. The molecule has 1 unspecified atom stereocenters. The zero-order valence-electron chi connectivity index (χ0n) is 16.6. The van der Waals surface area contributed by atoms with Gasteiger partial charge in [0.05, 0.1) is 11.1 Å². The number of pyridine rings is 2. The largest absolute Gasteiger partial charge is 0.475 e. The summed E-state index contributed by atoms with van der Waals surface area (Å²) in [5.74, 6) is -0.228. The molecule has 1 aromatic carbocycles. The Morgan fingerprint density at radius 1 is 1.14 bits per heavy atom. The van der Waals surface area contributed by atoms with Gasteiger partial charge in [-0.05, 0) is 55.2 Å². The van der Waals surface area contributed by atoms with Crippen molar-refractivity contribution in [2.75, 3.05) is 6.61 Å². The Hall–Kier alpha value is -2.67. The number of halogens is 3. The van der Waals surface area contributed by atoms with Crippen molar-refractivity contribution in [3.8, 4) is 17.0 Å². The van der Waals surface area contributed by atoms with Crippen LogP contribution in [-0.4, -0.2) is 22.1 Å². The van der Waals surface area contributed by atoms with Crippen molar-refractivity contribution in [1.29, 1.82) is 0 Å². The van der Waals surface area contributed by atoms with Gasteiger partial charge in [0.2, 0.25) is 5.88 Å². The summed E-state index contributed by atoms with van der Waals surface area (Å²) < 4.78 is 46.7. The molecule has 3 rings (SSSR count). The van der Waals surface area contributed by atoms with Gasteiger partial charge in [-0.25, -0.2) is 18.2 Å². The van der Waals surface area contributed by atoms with Crippen LogP contribution in [0.3, 0.4) is 0 Å². The summed E-state index contributed by atoms with van der Waals surface area (Å²) in [6.07, 6.45) is 0.894. The molecule has 0 amide bonds. The number of benzene rings is 1. The maximum Gasteiger partial charge on any atom is 0.269 e. The molecule has 3 aromatic rings. The molecular formula is C22H24F3N3O. The minimum atomic E-state index is -2.78. The second-order valence-electron chi connectivity index (χ2n) is 7.98. The van der Waals surface area contributed by atoms with Gasteiger partial charge in [0.1, 0.15) is 12.4 Å². The molecule has 0 saturated heterocycles. The van der Waals surface area contributed by atoms with Crippen molar-refractivity contribution < 1.29 is 17.9 Å². The Morgan fingerprint density at radius 3 is 2.59 bits per heavy atom. The number of nitrogens with zero attached hydrogens (tertiary/aromatic N) is 2. The van der Waals surface area contributed by atoms with Crippen LogP contribution in [0.2, 0.25) is 0 Å². The standard InChI is InChI=1S/C22H24F3N3O/c1-13(2)10-22(3,26)12-29-21-18(20(24)25)8-14(11-28-21)16-6-7-27-19-5-4-15(23)9-17(16)19/h4-9,11,13,20H,10,12,26H2,1-3H3. The molecule has 0 spiro atoms. The Morgan fingerprint density at radius 2 is 1.90 bits per heavy atom. The van der Waals surface area contributed by atoms with Crippen molar-refractivity contribution in [1.82, 2.24) is 9.97 Å². The van der Waals surface area contributed by atoms with Gasteiger partial charge in [0, 0.05) is 28.9 Å². The lowest BCUT2D eigenvalue weighted by molar-refractivity contribution is 0.137. The summed E-state index contributed by atoms with van der Waals surface area (Å²) in [5.41, 5.74) is 6.78. The van der Waals surface area contributed by atoms with E-state index in [4.69, 9.17) is 10.5 Å². The van der Waals surface area contributed by atoms with E-state index in [9.17, 15) is 13.2 Å². The lowest BCUT2D eigenvalue weighted by atomic mass is 9.93. The first-order valence-corrected chi connectivity index (χ1v) is 9.41. The number of hydrogen-bond donors (Lipinski definition) is 1. The number of alkyl halides is 2. The number of hydrogen-bond acceptors (Lipinski definition) is 4. The van der Waals surface area contributed by atoms with Gasteiger partial charge in [0.15, 0.2) is 0 Å². The smallest absolute Gasteiger partial charge is 0.269 e. The van der Waals surface area contributed by atoms with Crippen LogP contribution >= 0.6 is 0 Å². The van der Waals surface area contributed by atoms with E-state index in [0.717, 1.165) is 0 Å². The van der Waals surface area contributed by atoms with Crippen LogP contribution in [0.1, 0.15) is 39.2 Å². The first-order valence-electron chi connectivity index (χ1n) is 9.41. The van der Waals surface area contributed by atoms with Crippen LogP contribution in [0.4, 0.5) is 13.2 Å². The van der Waals surface area contributed by atoms with Crippen molar-refractivity contribution in [2.45, 2.75) is 39.2 Å². The van der Waals surface area contributed by atoms with Gasteiger partial charge in [-0.15, -0.1) is 0 Å². The Labute approximate surface area is 167 Å². The molecule has 2 aromatic heterocycles. The lowest BCUT2D eigenvalue weighted by Crippen LogP contribution is -2.43. The van der Waals surface area contributed by atoms with Crippen molar-refractivity contribution in [2.24, 2.45) is 11.7 Å². The summed E-state index contributed by atoms with van der Waals surface area (Å²) in [6.45, 7) is 5.96. The first-order chi connectivity index (χ1) is 13.7. The third-order valence-corrected chi connectivity index (χ3v) is 4.54. The molecule has 2 heterocycles. The van der Waals surface area contributed by atoms with E-state index in [0.29, 0.717) is 34.4 Å². The number of ether oxygens (including phenoxy) is 1. The van der Waals surface area contributed by atoms with Gasteiger partial charge in [0.25, 0.3) is 6.43 Å². The number of nitrogens with two attached hydrogens (primary N) is 1. The third-order valence-electron chi connectivity index (χ3n) is 4.54. The second kappa shape index (κ2) is 8.37. The predicted molar refractivity (Wildman–Crippen MR) is 107 cm³/mol. The van der Waals surface area contributed by atoms with E-state index in [1.807, 2.05) is 20.8 Å². The topological polar surface area (TPSA) is 61.0 Å². The maximum absolute atomic E-state index is 13.7. The highest BCUT2D eigenvalue weighted by Gasteiger charge is 2.24. The van der Waals surface area contributed by atoms with E-state index in [2.05, 4.69) is 9.97 Å². The zero-order chi connectivity index (χ0) is 21.2. The van der Waals surface area contributed by atoms with Crippen LogP contribution in [-0.2, 0) is 0 Å². The number of aromatic nitrogens is 2. The molecule has 0 bridgehead atoms. The quantitative estimate of drug-likeness (QED) is 0.565. The van der Waals surface area contributed by atoms with Crippen LogP contribution in [0, 0.1) is 11.7 Å². The summed E-state index contributed by atoms with van der Waals surface area (Å²) in [4.78, 5) is 8.31. The van der Waals surface area contributed by atoms with Gasteiger partial charge in [-0.3, -0.25) is 4.98 Å². The molecule has 0 saturated carbocycles. The van der Waals surface area contributed by atoms with Gasteiger partial charge in [-0.2, -0.15) is 0 Å². The maximum atomic E-state index is 13.7. The zero-order valence-corrected chi connectivity index (χ0v) is 16.6. The molecule has 4 nitrogen and oxygen atoms in total. The van der Waals surface area contributed by atoms with Crippen LogP contribution in [0.5, 0.6) is 5.88 Å². The molecule has 0 radical (unpaired) electrons. The Kier molecular flexibility index (Phi) is 6.07. The fraction of sp³-hybridized carbons (Fsp3) is 0.364. The molecule has 154 valence electrons. The molecule has 1 atom stereocenters. The van der Waals surface area contributed by atoms with Crippen molar-refractivity contribution in [3.05, 3.63) is 54.1 Å². The van der Waals surface area contributed by atoms with Gasteiger partial charge >= 0.3 is 0 Å². The predicted octanol–water partition coefficient (Wildman–Crippen LogP) is 5.52. The third kappa shape index (κ3) is 5.03. The molecule has 0 aliphatic heterocycles. The van der Waals surface area contributed by atoms with E-state index in [-0.39, 0.29) is 18.1 Å². The second-order valence-corrected chi connectivity index (χ2v) is 7.98. The van der Waals surface area contributed by atoms with Crippen LogP contribution < -0.4 is 10.5 Å². The van der Waals surface area contributed by atoms with Gasteiger partial charge < -0.3 is 10.5 Å². The molecule has 29 heavy (non-hydrogen) atoms. The first kappa shape index (κ1) is 21.0. The summed E-state index contributed by atoms with van der Waals surface area (Å²) in [5, 5.41) is 0.523. The fourth-order valence-corrected chi connectivity index (χ4v) is 3.49. The highest BCUT2D eigenvalue weighted by Crippen LogP contribution is 2.34. The van der Waals surface area contributed by atoms with E-state index in [1.54, 1.807) is 18.3 Å². The summed E-state index contributed by atoms with van der Waals surface area (Å²) >= 11 is 0. The lowest BCUT2D eigenvalue weighted by Gasteiger charge is -2.26. The van der Waals surface area contributed by atoms with Crippen molar-refractivity contribution in [3.63, 3.8) is 0 Å². The van der Waals surface area contributed by atoms with Crippen LogP contribution in [0.25, 0.3) is 22.0 Å². The monoisotopic (exact) mass is 403 g/mol. The average molecular weight is 403 g/mol. The highest BCUT2D eigenvalue weighted by molar-refractivity contribution is 5.94. The minimum absolute atomic E-state index is 0.0701. The van der Waals surface area contributed by atoms with E-state index in [1.165, 1.54) is 24.4 Å². The molecule has 0 aliphatic rings. The van der Waals surface area contributed by atoms with Gasteiger partial charge in [-0.1, -0.05) is 13.8 Å². The summed E-state index contributed by atoms with van der Waals surface area (Å²) in [6, 6.07) is 7.15. The average Bonchev–Trinajstić information content (AvgIpc) is 2.64. The number of fused-ring (bicyclic) bond motifs is 1. The van der Waals surface area contributed by atoms with E-state index < -0.39 is 17.8 Å². The minimum Gasteiger partial charge on any atom is -0.475 e. The molecule has 2 N–H and O–H groups in total. The van der Waals surface area contributed by atoms with Crippen molar-refractivity contribution >= 4 is 10.9 Å². The van der Waals surface area contributed by atoms with E-state index >= 15 is 0 Å². The molecule has 0 fully saturated rings. The summed E-state index contributed by atoms with van der Waals surface area (Å²) in [7, 11) is 0. The Bertz CT molecular complexity index is 1010. The molecule has 0 aliphatic carbocycles. The van der Waals surface area contributed by atoms with Crippen LogP contribution in [0.15, 0.2) is 42.7 Å². The fourth-order valence-electron chi connectivity index (χ4n) is 3.49. The highest BCUT2D eigenvalue weighted by atomic mass is 19.3. The Balaban J connectivity index is 1.96. The normalized spacial score (nSPS) is 13.8. The number of rotatable bonds is 7. The molecule has 7 heteroatoms. The SMILES string of the molecule is CC(C)CC(C)(N)COc1ncc(-c2ccnc3ccc(F)cc23)cc1C(F)F.